The number of halogens is 5. The quantitative estimate of drug-likeness (QED) is 0.559. The van der Waals surface area contributed by atoms with Crippen LogP contribution in [0.2, 0.25) is 10.0 Å². The Morgan fingerprint density at radius 3 is 2.26 bits per heavy atom. The topological polar surface area (TPSA) is 71.3 Å². The number of carbonyl (C=O) groups excluding carboxylic acids is 1. The van der Waals surface area contributed by atoms with Crippen molar-refractivity contribution in [2.75, 3.05) is 0 Å². The minimum absolute atomic E-state index is 0.0790. The lowest BCUT2D eigenvalue weighted by Crippen LogP contribution is -2.27. The molecule has 5 nitrogen and oxygen atoms in total. The van der Waals surface area contributed by atoms with E-state index < -0.39 is 29.0 Å². The van der Waals surface area contributed by atoms with Crippen LogP contribution in [0.1, 0.15) is 27.0 Å². The van der Waals surface area contributed by atoms with Crippen LogP contribution in [-0.2, 0) is 19.3 Å². The van der Waals surface area contributed by atoms with Crippen molar-refractivity contribution in [1.29, 1.82) is 0 Å². The van der Waals surface area contributed by atoms with E-state index in [1.165, 1.54) is 12.1 Å². The van der Waals surface area contributed by atoms with Crippen molar-refractivity contribution < 1.29 is 23.1 Å². The molecule has 0 fully saturated rings. The van der Waals surface area contributed by atoms with Gasteiger partial charge in [-0.3, -0.25) is 9.59 Å². The second kappa shape index (κ2) is 9.03. The predicted octanol–water partition coefficient (Wildman–Crippen LogP) is 4.86. The summed E-state index contributed by atoms with van der Waals surface area (Å²) in [6.07, 6.45) is -3.31. The zero-order valence-corrected chi connectivity index (χ0v) is 17.2. The van der Waals surface area contributed by atoms with E-state index in [-0.39, 0.29) is 18.7 Å². The summed E-state index contributed by atoms with van der Waals surface area (Å²) < 4.78 is 39.2. The maximum absolute atomic E-state index is 12.7. The number of nitrogens with one attached hydrogen (secondary N) is 1. The molecule has 3 rings (SSSR count). The number of amides is 1. The molecule has 0 aliphatic carbocycles. The smallest absolute Gasteiger partial charge is 0.416 e. The zero-order chi connectivity index (χ0) is 22.8. The summed E-state index contributed by atoms with van der Waals surface area (Å²) in [7, 11) is 0. The Bertz CT molecular complexity index is 1180. The van der Waals surface area contributed by atoms with Gasteiger partial charge in [0.2, 0.25) is 0 Å². The SMILES string of the molecule is O=C(NCc1ccc(Cl)c(Cl)c1)c1cn(Cc2ccc(C(F)(F)F)cc2)c(=O)cc1O. The molecule has 0 bridgehead atoms. The first-order valence-electron chi connectivity index (χ1n) is 8.86. The summed E-state index contributed by atoms with van der Waals surface area (Å²) in [5.74, 6) is -1.16. The Balaban J connectivity index is 1.77. The molecule has 0 aliphatic heterocycles. The van der Waals surface area contributed by atoms with Gasteiger partial charge in [0.25, 0.3) is 11.5 Å². The molecule has 2 N–H and O–H groups in total. The Morgan fingerprint density at radius 1 is 1.00 bits per heavy atom. The van der Waals surface area contributed by atoms with Gasteiger partial charge in [-0.15, -0.1) is 0 Å². The van der Waals surface area contributed by atoms with Crippen LogP contribution in [0, 0.1) is 0 Å². The summed E-state index contributed by atoms with van der Waals surface area (Å²) in [5.41, 5.74) is -0.495. The van der Waals surface area contributed by atoms with Gasteiger partial charge < -0.3 is 15.0 Å². The van der Waals surface area contributed by atoms with Gasteiger partial charge in [-0.1, -0.05) is 41.4 Å². The van der Waals surface area contributed by atoms with E-state index in [1.807, 2.05) is 0 Å². The lowest BCUT2D eigenvalue weighted by Gasteiger charge is -2.12. The summed E-state index contributed by atoms with van der Waals surface area (Å²) in [4.78, 5) is 24.6. The molecule has 1 aromatic heterocycles. The third-order valence-electron chi connectivity index (χ3n) is 4.42. The van der Waals surface area contributed by atoms with E-state index in [0.717, 1.165) is 29.0 Å². The number of aromatic hydroxyl groups is 1. The van der Waals surface area contributed by atoms with Crippen LogP contribution in [0.15, 0.2) is 59.5 Å². The number of hydrogen-bond donors (Lipinski definition) is 2. The van der Waals surface area contributed by atoms with Crippen LogP contribution < -0.4 is 10.9 Å². The minimum atomic E-state index is -4.46. The molecule has 0 spiro atoms. The normalized spacial score (nSPS) is 11.4. The van der Waals surface area contributed by atoms with E-state index in [2.05, 4.69) is 5.32 Å². The number of hydrogen-bond acceptors (Lipinski definition) is 3. The van der Waals surface area contributed by atoms with Crippen molar-refractivity contribution in [3.63, 3.8) is 0 Å². The first-order valence-corrected chi connectivity index (χ1v) is 9.62. The number of nitrogens with zero attached hydrogens (tertiary/aromatic N) is 1. The highest BCUT2D eigenvalue weighted by Crippen LogP contribution is 2.29. The van der Waals surface area contributed by atoms with Gasteiger partial charge in [-0.2, -0.15) is 13.2 Å². The Kier molecular flexibility index (Phi) is 6.62. The number of benzene rings is 2. The zero-order valence-electron chi connectivity index (χ0n) is 15.7. The fraction of sp³-hybridized carbons (Fsp3) is 0.143. The van der Waals surface area contributed by atoms with Crippen LogP contribution in [0.4, 0.5) is 13.2 Å². The van der Waals surface area contributed by atoms with Crippen LogP contribution >= 0.6 is 23.2 Å². The summed E-state index contributed by atoms with van der Waals surface area (Å²) in [5, 5.41) is 13.3. The van der Waals surface area contributed by atoms with Crippen molar-refractivity contribution in [3.8, 4) is 5.75 Å². The summed E-state index contributed by atoms with van der Waals surface area (Å²) in [6, 6.07) is 10.00. The molecule has 0 saturated carbocycles. The van der Waals surface area contributed by atoms with Crippen molar-refractivity contribution in [1.82, 2.24) is 9.88 Å². The molecule has 10 heteroatoms. The molecule has 0 atom stereocenters. The molecule has 162 valence electrons. The molecule has 0 unspecified atom stereocenters. The van der Waals surface area contributed by atoms with Gasteiger partial charge in [-0.25, -0.2) is 0 Å². The Hall–Kier alpha value is -2.97. The van der Waals surface area contributed by atoms with Crippen molar-refractivity contribution in [3.05, 3.63) is 97.4 Å². The lowest BCUT2D eigenvalue weighted by molar-refractivity contribution is -0.137. The highest BCUT2D eigenvalue weighted by Gasteiger charge is 2.29. The molecule has 0 radical (unpaired) electrons. The van der Waals surface area contributed by atoms with E-state index in [1.54, 1.807) is 18.2 Å². The average Bonchev–Trinajstić information content (AvgIpc) is 2.70. The number of rotatable bonds is 5. The maximum atomic E-state index is 12.7. The fourth-order valence-corrected chi connectivity index (χ4v) is 3.11. The predicted molar refractivity (Wildman–Crippen MR) is 111 cm³/mol. The minimum Gasteiger partial charge on any atom is -0.507 e. The summed E-state index contributed by atoms with van der Waals surface area (Å²) >= 11 is 11.8. The van der Waals surface area contributed by atoms with Crippen molar-refractivity contribution in [2.24, 2.45) is 0 Å². The van der Waals surface area contributed by atoms with E-state index in [4.69, 9.17) is 23.2 Å². The summed E-state index contributed by atoms with van der Waals surface area (Å²) in [6.45, 7) is 0.0114. The molecule has 2 aromatic carbocycles. The monoisotopic (exact) mass is 470 g/mol. The number of pyridine rings is 1. The van der Waals surface area contributed by atoms with Gasteiger partial charge >= 0.3 is 6.18 Å². The maximum Gasteiger partial charge on any atom is 0.416 e. The first-order chi connectivity index (χ1) is 14.5. The van der Waals surface area contributed by atoms with Crippen LogP contribution in [-0.4, -0.2) is 15.6 Å². The Labute approximate surface area is 184 Å². The molecule has 1 heterocycles. The van der Waals surface area contributed by atoms with Crippen LogP contribution in [0.3, 0.4) is 0 Å². The third kappa shape index (κ3) is 5.59. The highest BCUT2D eigenvalue weighted by molar-refractivity contribution is 6.42. The average molecular weight is 471 g/mol. The molecule has 0 saturated heterocycles. The van der Waals surface area contributed by atoms with E-state index in [0.29, 0.717) is 21.2 Å². The Morgan fingerprint density at radius 2 is 1.65 bits per heavy atom. The molecular formula is C21H15Cl2F3N2O3. The molecular weight excluding hydrogens is 456 g/mol. The molecule has 3 aromatic rings. The van der Waals surface area contributed by atoms with Gasteiger partial charge in [0.15, 0.2) is 0 Å². The number of carbonyl (C=O) groups is 1. The molecule has 0 aliphatic rings. The molecule has 31 heavy (non-hydrogen) atoms. The third-order valence-corrected chi connectivity index (χ3v) is 5.16. The second-order valence-electron chi connectivity index (χ2n) is 6.66. The number of alkyl halides is 3. The van der Waals surface area contributed by atoms with Crippen LogP contribution in [0.25, 0.3) is 0 Å². The van der Waals surface area contributed by atoms with Gasteiger partial charge in [0.05, 0.1) is 27.7 Å². The van der Waals surface area contributed by atoms with E-state index >= 15 is 0 Å². The van der Waals surface area contributed by atoms with Crippen LogP contribution in [0.5, 0.6) is 5.75 Å². The van der Waals surface area contributed by atoms with Gasteiger partial charge in [0, 0.05) is 18.8 Å². The highest BCUT2D eigenvalue weighted by atomic mass is 35.5. The molecule has 1 amide bonds. The fourth-order valence-electron chi connectivity index (χ4n) is 2.78. The van der Waals surface area contributed by atoms with Crippen molar-refractivity contribution in [2.45, 2.75) is 19.3 Å². The van der Waals surface area contributed by atoms with E-state index in [9.17, 15) is 27.9 Å². The standard InChI is InChI=1S/C21H15Cl2F3N2O3/c22-16-6-3-13(7-17(16)23)9-27-20(31)15-11-28(19(30)8-18(15)29)10-12-1-4-14(5-2-12)21(24,25)26/h1-8,11,29H,9-10H2,(H,27,31). The van der Waals surface area contributed by atoms with Gasteiger partial charge in [0.1, 0.15) is 5.75 Å². The first kappa shape index (κ1) is 22.7. The largest absolute Gasteiger partial charge is 0.507 e. The van der Waals surface area contributed by atoms with Crippen molar-refractivity contribution >= 4 is 29.1 Å². The lowest BCUT2D eigenvalue weighted by atomic mass is 10.1. The van der Waals surface area contributed by atoms with Gasteiger partial charge in [-0.05, 0) is 35.4 Å². The number of aromatic nitrogens is 1. The second-order valence-corrected chi connectivity index (χ2v) is 7.48.